The molecule has 0 bridgehead atoms. The van der Waals surface area contributed by atoms with Gasteiger partial charge in [0, 0.05) is 24.2 Å². The maximum absolute atomic E-state index is 12.7. The molecule has 0 spiro atoms. The number of carbonyl (C=O) groups excluding carboxylic acids is 1. The van der Waals surface area contributed by atoms with Crippen molar-refractivity contribution in [3.05, 3.63) is 47.0 Å². The van der Waals surface area contributed by atoms with Crippen LogP contribution in [0.1, 0.15) is 26.3 Å². The maximum atomic E-state index is 12.7. The van der Waals surface area contributed by atoms with Gasteiger partial charge >= 0.3 is 5.97 Å². The van der Waals surface area contributed by atoms with Crippen molar-refractivity contribution >= 4 is 24.3 Å². The third kappa shape index (κ3) is 5.85. The molecule has 0 heterocycles. The van der Waals surface area contributed by atoms with Crippen LogP contribution in [-0.2, 0) is 0 Å². The molecule has 2 aromatic rings. The minimum Gasteiger partial charge on any atom is -0.497 e. The van der Waals surface area contributed by atoms with Crippen LogP contribution in [0.4, 0.5) is 0 Å². The monoisotopic (exact) mass is 422 g/mol. The second-order valence-electron chi connectivity index (χ2n) is 6.63. The lowest BCUT2D eigenvalue weighted by atomic mass is 9.94. The van der Waals surface area contributed by atoms with Gasteiger partial charge in [-0.15, -0.1) is 12.4 Å². The minimum atomic E-state index is -1.09. The summed E-state index contributed by atoms with van der Waals surface area (Å²) in [5.41, 5.74) is 2.02. The summed E-state index contributed by atoms with van der Waals surface area (Å²) in [5.74, 6) is -0.251. The lowest BCUT2D eigenvalue weighted by Gasteiger charge is -2.16. The van der Waals surface area contributed by atoms with E-state index < -0.39 is 5.97 Å². The number of amides is 1. The number of nitrogens with zero attached hydrogens (tertiary/aromatic N) is 1. The number of likely N-dealkylation sites (N-methyl/N-ethyl adjacent to an activating group) is 1. The van der Waals surface area contributed by atoms with E-state index in [-0.39, 0.29) is 23.9 Å². The zero-order valence-corrected chi connectivity index (χ0v) is 18.1. The Bertz CT molecular complexity index is 884. The average Bonchev–Trinajstić information content (AvgIpc) is 2.66. The molecule has 2 N–H and O–H groups in total. The SMILES string of the molecule is COc1ccc(OC)c(-c2cc(C(=O)O)c(C)c(C(=O)NCCN(C)C)c2)c1.Cl. The number of nitrogens with one attached hydrogen (secondary N) is 1. The topological polar surface area (TPSA) is 88.1 Å². The fourth-order valence-corrected chi connectivity index (χ4v) is 2.86. The molecule has 2 aromatic carbocycles. The van der Waals surface area contributed by atoms with Crippen LogP contribution < -0.4 is 14.8 Å². The number of hydrogen-bond acceptors (Lipinski definition) is 5. The number of hydrogen-bond donors (Lipinski definition) is 2. The van der Waals surface area contributed by atoms with Gasteiger partial charge in [-0.05, 0) is 62.5 Å². The van der Waals surface area contributed by atoms with E-state index in [0.29, 0.717) is 46.8 Å². The predicted molar refractivity (Wildman–Crippen MR) is 115 cm³/mol. The standard InChI is InChI=1S/C21H26N2O5.ClH/c1-13-16(20(24)22-8-9-23(2)3)10-14(11-17(13)21(25)26)18-12-15(27-4)6-7-19(18)28-5;/h6-7,10-12H,8-9H2,1-5H3,(H,22,24)(H,25,26);1H. The van der Waals surface area contributed by atoms with E-state index in [9.17, 15) is 14.7 Å². The molecule has 0 aliphatic rings. The summed E-state index contributed by atoms with van der Waals surface area (Å²) >= 11 is 0. The van der Waals surface area contributed by atoms with Crippen LogP contribution in [0.2, 0.25) is 0 Å². The number of halogens is 1. The Morgan fingerprint density at radius 2 is 1.72 bits per heavy atom. The van der Waals surface area contributed by atoms with Crippen molar-refractivity contribution in [2.75, 3.05) is 41.4 Å². The summed E-state index contributed by atoms with van der Waals surface area (Å²) in [4.78, 5) is 26.4. The molecule has 0 aromatic heterocycles. The molecule has 8 heteroatoms. The van der Waals surface area contributed by atoms with Gasteiger partial charge in [-0.25, -0.2) is 4.79 Å². The molecular weight excluding hydrogens is 396 g/mol. The Kier molecular flexibility index (Phi) is 8.94. The van der Waals surface area contributed by atoms with Crippen LogP contribution in [0.3, 0.4) is 0 Å². The molecule has 7 nitrogen and oxygen atoms in total. The van der Waals surface area contributed by atoms with Crippen LogP contribution in [-0.4, -0.2) is 63.3 Å². The fraction of sp³-hybridized carbons (Fsp3) is 0.333. The highest BCUT2D eigenvalue weighted by atomic mass is 35.5. The summed E-state index contributed by atoms with van der Waals surface area (Å²) in [7, 11) is 6.91. The van der Waals surface area contributed by atoms with Crippen molar-refractivity contribution < 1.29 is 24.2 Å². The van der Waals surface area contributed by atoms with Crippen LogP contribution in [0.15, 0.2) is 30.3 Å². The van der Waals surface area contributed by atoms with Crippen LogP contribution in [0, 0.1) is 6.92 Å². The summed E-state index contributed by atoms with van der Waals surface area (Å²) in [5, 5.41) is 12.5. The van der Waals surface area contributed by atoms with E-state index in [4.69, 9.17) is 9.47 Å². The van der Waals surface area contributed by atoms with E-state index in [1.807, 2.05) is 19.0 Å². The first-order valence-electron chi connectivity index (χ1n) is 8.81. The number of methoxy groups -OCH3 is 2. The zero-order chi connectivity index (χ0) is 20.8. The predicted octanol–water partition coefficient (Wildman–Crippen LogP) is 3.09. The molecule has 0 aliphatic heterocycles. The summed E-state index contributed by atoms with van der Waals surface area (Å²) < 4.78 is 10.7. The highest BCUT2D eigenvalue weighted by molar-refractivity contribution is 6.02. The molecule has 158 valence electrons. The molecule has 0 atom stereocenters. The summed E-state index contributed by atoms with van der Waals surface area (Å²) in [6, 6.07) is 8.48. The first-order valence-corrected chi connectivity index (χ1v) is 8.81. The highest BCUT2D eigenvalue weighted by Crippen LogP contribution is 2.35. The van der Waals surface area contributed by atoms with Gasteiger partial charge in [0.15, 0.2) is 0 Å². The van der Waals surface area contributed by atoms with Crippen molar-refractivity contribution in [3.8, 4) is 22.6 Å². The highest BCUT2D eigenvalue weighted by Gasteiger charge is 2.20. The Hall–Kier alpha value is -2.77. The van der Waals surface area contributed by atoms with Gasteiger partial charge in [-0.2, -0.15) is 0 Å². The molecule has 0 fully saturated rings. The Morgan fingerprint density at radius 3 is 2.28 bits per heavy atom. The van der Waals surface area contributed by atoms with Crippen LogP contribution in [0.25, 0.3) is 11.1 Å². The molecule has 0 unspecified atom stereocenters. The molecular formula is C21H27ClN2O5. The largest absolute Gasteiger partial charge is 0.497 e. The number of benzene rings is 2. The Morgan fingerprint density at radius 1 is 1.07 bits per heavy atom. The lowest BCUT2D eigenvalue weighted by molar-refractivity contribution is 0.0696. The molecule has 29 heavy (non-hydrogen) atoms. The van der Waals surface area contributed by atoms with Crippen LogP contribution >= 0.6 is 12.4 Å². The smallest absolute Gasteiger partial charge is 0.335 e. The zero-order valence-electron chi connectivity index (χ0n) is 17.2. The third-order valence-corrected chi connectivity index (χ3v) is 4.44. The van der Waals surface area contributed by atoms with Gasteiger partial charge in [0.25, 0.3) is 5.91 Å². The van der Waals surface area contributed by atoms with Gasteiger partial charge < -0.3 is 24.8 Å². The number of carbonyl (C=O) groups is 2. The third-order valence-electron chi connectivity index (χ3n) is 4.44. The van der Waals surface area contributed by atoms with Crippen molar-refractivity contribution in [1.82, 2.24) is 10.2 Å². The van der Waals surface area contributed by atoms with E-state index in [0.717, 1.165) is 0 Å². The Labute approximate surface area is 177 Å². The Balaban J connectivity index is 0.00000420. The van der Waals surface area contributed by atoms with Gasteiger partial charge in [-0.3, -0.25) is 4.79 Å². The number of carboxylic acids is 1. The van der Waals surface area contributed by atoms with Crippen molar-refractivity contribution in [2.45, 2.75) is 6.92 Å². The lowest BCUT2D eigenvalue weighted by Crippen LogP contribution is -2.32. The van der Waals surface area contributed by atoms with E-state index in [1.54, 1.807) is 44.4 Å². The molecule has 0 radical (unpaired) electrons. The first-order chi connectivity index (χ1) is 13.3. The second-order valence-corrected chi connectivity index (χ2v) is 6.63. The molecule has 0 saturated carbocycles. The normalized spacial score (nSPS) is 10.3. The fourth-order valence-electron chi connectivity index (χ4n) is 2.86. The van der Waals surface area contributed by atoms with Crippen molar-refractivity contribution in [2.24, 2.45) is 0 Å². The van der Waals surface area contributed by atoms with E-state index >= 15 is 0 Å². The van der Waals surface area contributed by atoms with Gasteiger partial charge in [-0.1, -0.05) is 0 Å². The number of carboxylic acid groups (broad SMARTS) is 1. The number of rotatable bonds is 8. The van der Waals surface area contributed by atoms with Gasteiger partial charge in [0.2, 0.25) is 0 Å². The molecule has 0 aliphatic carbocycles. The van der Waals surface area contributed by atoms with Gasteiger partial charge in [0.1, 0.15) is 11.5 Å². The second kappa shape index (κ2) is 10.7. The molecule has 0 saturated heterocycles. The minimum absolute atomic E-state index is 0. The van der Waals surface area contributed by atoms with E-state index in [2.05, 4.69) is 5.32 Å². The van der Waals surface area contributed by atoms with Crippen molar-refractivity contribution in [1.29, 1.82) is 0 Å². The summed E-state index contributed by atoms with van der Waals surface area (Å²) in [6.45, 7) is 2.78. The van der Waals surface area contributed by atoms with E-state index in [1.165, 1.54) is 7.11 Å². The first kappa shape index (κ1) is 24.3. The average molecular weight is 423 g/mol. The molecule has 1 amide bonds. The summed E-state index contributed by atoms with van der Waals surface area (Å²) in [6.07, 6.45) is 0. The van der Waals surface area contributed by atoms with Gasteiger partial charge in [0.05, 0.1) is 19.8 Å². The van der Waals surface area contributed by atoms with Crippen molar-refractivity contribution in [3.63, 3.8) is 0 Å². The maximum Gasteiger partial charge on any atom is 0.335 e. The number of ether oxygens (including phenoxy) is 2. The quantitative estimate of drug-likeness (QED) is 0.679. The number of aromatic carboxylic acids is 1. The van der Waals surface area contributed by atoms with Crippen LogP contribution in [0.5, 0.6) is 11.5 Å². The molecule has 2 rings (SSSR count).